The molecule has 1 aromatic rings. The summed E-state index contributed by atoms with van der Waals surface area (Å²) in [4.78, 5) is 2.54. The predicted octanol–water partition coefficient (Wildman–Crippen LogP) is 2.83. The van der Waals surface area contributed by atoms with E-state index >= 15 is 0 Å². The van der Waals surface area contributed by atoms with Crippen LogP contribution < -0.4 is 15.2 Å². The molecule has 0 amide bonds. The number of rotatable bonds is 6. The Balaban J connectivity index is 0.00000220. The van der Waals surface area contributed by atoms with Gasteiger partial charge in [0.15, 0.2) is 0 Å². The number of benzene rings is 1. The molecule has 120 valence electrons. The van der Waals surface area contributed by atoms with E-state index in [0.29, 0.717) is 6.04 Å². The van der Waals surface area contributed by atoms with Gasteiger partial charge in [-0.3, -0.25) is 4.90 Å². The minimum Gasteiger partial charge on any atom is -0.497 e. The molecule has 5 heteroatoms. The van der Waals surface area contributed by atoms with E-state index in [1.165, 1.54) is 24.8 Å². The van der Waals surface area contributed by atoms with Crippen molar-refractivity contribution in [2.45, 2.75) is 38.3 Å². The number of nitrogens with zero attached hydrogens (tertiary/aromatic N) is 1. The lowest BCUT2D eigenvalue weighted by molar-refractivity contribution is 0.132. The minimum atomic E-state index is 0. The molecule has 1 aliphatic heterocycles. The van der Waals surface area contributed by atoms with Crippen molar-refractivity contribution in [1.29, 1.82) is 0 Å². The number of nitrogens with two attached hydrogens (primary N) is 1. The fourth-order valence-electron chi connectivity index (χ4n) is 3.01. The maximum Gasteiger partial charge on any atom is 0.123 e. The van der Waals surface area contributed by atoms with E-state index in [-0.39, 0.29) is 12.4 Å². The van der Waals surface area contributed by atoms with Gasteiger partial charge in [-0.25, -0.2) is 0 Å². The second kappa shape index (κ2) is 9.13. The second-order valence-corrected chi connectivity index (χ2v) is 5.38. The third kappa shape index (κ3) is 4.77. The van der Waals surface area contributed by atoms with Gasteiger partial charge in [-0.15, -0.1) is 12.4 Å². The number of likely N-dealkylation sites (tertiary alicyclic amines) is 1. The Morgan fingerprint density at radius 2 is 2.05 bits per heavy atom. The SMILES string of the molecule is COc1ccc(OC)c(CN2CCCCC2CCN)c1.Cl. The molecular formula is C16H27ClN2O2. The fraction of sp³-hybridized carbons (Fsp3) is 0.625. The summed E-state index contributed by atoms with van der Waals surface area (Å²) in [6, 6.07) is 6.60. The smallest absolute Gasteiger partial charge is 0.123 e. The summed E-state index contributed by atoms with van der Waals surface area (Å²) in [5.41, 5.74) is 6.94. The van der Waals surface area contributed by atoms with Crippen LogP contribution in [-0.2, 0) is 6.54 Å². The summed E-state index contributed by atoms with van der Waals surface area (Å²) in [5, 5.41) is 0. The third-order valence-electron chi connectivity index (χ3n) is 4.11. The average Bonchev–Trinajstić information content (AvgIpc) is 2.49. The molecular weight excluding hydrogens is 288 g/mol. The van der Waals surface area contributed by atoms with Crippen LogP contribution in [0.15, 0.2) is 18.2 Å². The first-order valence-corrected chi connectivity index (χ1v) is 7.43. The molecule has 1 unspecified atom stereocenters. The normalized spacial score (nSPS) is 18.9. The van der Waals surface area contributed by atoms with Crippen molar-refractivity contribution in [3.05, 3.63) is 23.8 Å². The second-order valence-electron chi connectivity index (χ2n) is 5.38. The van der Waals surface area contributed by atoms with E-state index in [9.17, 15) is 0 Å². The summed E-state index contributed by atoms with van der Waals surface area (Å²) in [7, 11) is 3.42. The summed E-state index contributed by atoms with van der Waals surface area (Å²) in [6.07, 6.45) is 4.92. The van der Waals surface area contributed by atoms with Gasteiger partial charge in [0, 0.05) is 18.2 Å². The van der Waals surface area contributed by atoms with Gasteiger partial charge in [0.1, 0.15) is 11.5 Å². The number of hydrogen-bond donors (Lipinski definition) is 1. The highest BCUT2D eigenvalue weighted by Gasteiger charge is 2.22. The summed E-state index contributed by atoms with van der Waals surface area (Å²) in [6.45, 7) is 2.81. The maximum absolute atomic E-state index is 5.75. The molecule has 1 aromatic carbocycles. The van der Waals surface area contributed by atoms with Gasteiger partial charge in [-0.05, 0) is 50.6 Å². The maximum atomic E-state index is 5.75. The van der Waals surface area contributed by atoms with Gasteiger partial charge >= 0.3 is 0 Å². The zero-order chi connectivity index (χ0) is 14.4. The number of piperidine rings is 1. The Labute approximate surface area is 134 Å². The van der Waals surface area contributed by atoms with Crippen LogP contribution in [0.1, 0.15) is 31.2 Å². The number of halogens is 1. The van der Waals surface area contributed by atoms with Crippen molar-refractivity contribution in [2.75, 3.05) is 27.3 Å². The molecule has 0 bridgehead atoms. The van der Waals surface area contributed by atoms with Crippen LogP contribution in [0.5, 0.6) is 11.5 Å². The molecule has 21 heavy (non-hydrogen) atoms. The van der Waals surface area contributed by atoms with Crippen molar-refractivity contribution in [1.82, 2.24) is 4.90 Å². The van der Waals surface area contributed by atoms with E-state index in [2.05, 4.69) is 11.0 Å². The summed E-state index contributed by atoms with van der Waals surface area (Å²) < 4.78 is 10.8. The van der Waals surface area contributed by atoms with Gasteiger partial charge in [0.05, 0.1) is 14.2 Å². The highest BCUT2D eigenvalue weighted by atomic mass is 35.5. The number of hydrogen-bond acceptors (Lipinski definition) is 4. The zero-order valence-electron chi connectivity index (χ0n) is 13.0. The van der Waals surface area contributed by atoms with Gasteiger partial charge in [-0.2, -0.15) is 0 Å². The molecule has 2 rings (SSSR count). The molecule has 0 aromatic heterocycles. The molecule has 0 spiro atoms. The van der Waals surface area contributed by atoms with Crippen LogP contribution in [0.2, 0.25) is 0 Å². The van der Waals surface area contributed by atoms with Crippen LogP contribution in [0, 0.1) is 0 Å². The van der Waals surface area contributed by atoms with Crippen LogP contribution in [-0.4, -0.2) is 38.3 Å². The van der Waals surface area contributed by atoms with E-state index in [0.717, 1.165) is 37.6 Å². The van der Waals surface area contributed by atoms with Gasteiger partial charge in [0.2, 0.25) is 0 Å². The highest BCUT2D eigenvalue weighted by Crippen LogP contribution is 2.28. The lowest BCUT2D eigenvalue weighted by Gasteiger charge is -2.36. The fourth-order valence-corrected chi connectivity index (χ4v) is 3.01. The van der Waals surface area contributed by atoms with Gasteiger partial charge in [-0.1, -0.05) is 6.42 Å². The first-order chi connectivity index (χ1) is 9.78. The molecule has 1 atom stereocenters. The van der Waals surface area contributed by atoms with Gasteiger partial charge in [0.25, 0.3) is 0 Å². The van der Waals surface area contributed by atoms with E-state index in [1.807, 2.05) is 12.1 Å². The lowest BCUT2D eigenvalue weighted by Crippen LogP contribution is -2.40. The summed E-state index contributed by atoms with van der Waals surface area (Å²) >= 11 is 0. The quantitative estimate of drug-likeness (QED) is 0.877. The lowest BCUT2D eigenvalue weighted by atomic mass is 9.98. The first kappa shape index (κ1) is 18.1. The van der Waals surface area contributed by atoms with Gasteiger partial charge < -0.3 is 15.2 Å². The van der Waals surface area contributed by atoms with Crippen molar-refractivity contribution in [2.24, 2.45) is 5.73 Å². The van der Waals surface area contributed by atoms with Crippen molar-refractivity contribution >= 4 is 12.4 Å². The number of methoxy groups -OCH3 is 2. The van der Waals surface area contributed by atoms with E-state index in [4.69, 9.17) is 15.2 Å². The Kier molecular flexibility index (Phi) is 7.86. The molecule has 2 N–H and O–H groups in total. The Morgan fingerprint density at radius 3 is 2.71 bits per heavy atom. The Bertz CT molecular complexity index is 427. The Morgan fingerprint density at radius 1 is 1.24 bits per heavy atom. The van der Waals surface area contributed by atoms with Crippen LogP contribution in [0.4, 0.5) is 0 Å². The zero-order valence-corrected chi connectivity index (χ0v) is 13.8. The van der Waals surface area contributed by atoms with E-state index < -0.39 is 0 Å². The minimum absolute atomic E-state index is 0. The Hall–Kier alpha value is -0.970. The predicted molar refractivity (Wildman–Crippen MR) is 88.5 cm³/mol. The molecule has 4 nitrogen and oxygen atoms in total. The third-order valence-corrected chi connectivity index (χ3v) is 4.11. The van der Waals surface area contributed by atoms with Crippen LogP contribution >= 0.6 is 12.4 Å². The van der Waals surface area contributed by atoms with Crippen molar-refractivity contribution in [3.63, 3.8) is 0 Å². The summed E-state index contributed by atoms with van der Waals surface area (Å²) in [5.74, 6) is 1.82. The largest absolute Gasteiger partial charge is 0.497 e. The first-order valence-electron chi connectivity index (χ1n) is 7.43. The van der Waals surface area contributed by atoms with Crippen LogP contribution in [0.3, 0.4) is 0 Å². The van der Waals surface area contributed by atoms with Crippen LogP contribution in [0.25, 0.3) is 0 Å². The topological polar surface area (TPSA) is 47.7 Å². The highest BCUT2D eigenvalue weighted by molar-refractivity contribution is 5.85. The molecule has 0 aliphatic carbocycles. The molecule has 0 saturated carbocycles. The van der Waals surface area contributed by atoms with Crippen molar-refractivity contribution < 1.29 is 9.47 Å². The molecule has 1 aliphatic rings. The molecule has 0 radical (unpaired) electrons. The monoisotopic (exact) mass is 314 g/mol. The standard InChI is InChI=1S/C16H26N2O2.ClH/c1-19-15-6-7-16(20-2)13(11-15)12-18-10-4-3-5-14(18)8-9-17;/h6-7,11,14H,3-5,8-10,12,17H2,1-2H3;1H. The van der Waals surface area contributed by atoms with Crippen molar-refractivity contribution in [3.8, 4) is 11.5 Å². The molecule has 1 heterocycles. The average molecular weight is 315 g/mol. The molecule has 1 saturated heterocycles. The van der Waals surface area contributed by atoms with E-state index in [1.54, 1.807) is 14.2 Å². The molecule has 1 fully saturated rings. The number of ether oxygens (including phenoxy) is 2.